The minimum absolute atomic E-state index is 0.0727. The number of anilines is 1. The number of aromatic amines is 1. The van der Waals surface area contributed by atoms with E-state index < -0.39 is 0 Å². The molecule has 2 aromatic carbocycles. The van der Waals surface area contributed by atoms with Crippen molar-refractivity contribution in [2.24, 2.45) is 0 Å². The van der Waals surface area contributed by atoms with Crippen molar-refractivity contribution in [1.82, 2.24) is 9.97 Å². The maximum Gasteiger partial charge on any atom is 0.255 e. The summed E-state index contributed by atoms with van der Waals surface area (Å²) >= 11 is 13.2. The first-order chi connectivity index (χ1) is 13.4. The second-order valence-corrected chi connectivity index (χ2v) is 7.78. The third-order valence-electron chi connectivity index (χ3n) is 3.99. The van der Waals surface area contributed by atoms with Crippen molar-refractivity contribution in [3.8, 4) is 0 Å². The predicted molar refractivity (Wildman–Crippen MR) is 115 cm³/mol. The third-order valence-corrected chi connectivity index (χ3v) is 5.68. The number of halogens is 2. The number of nitrogens with one attached hydrogen (secondary N) is 2. The smallest absolute Gasteiger partial charge is 0.255 e. The Kier molecular flexibility index (Phi) is 6.78. The van der Waals surface area contributed by atoms with Gasteiger partial charge in [0.25, 0.3) is 5.56 Å². The third kappa shape index (κ3) is 5.16. The number of aromatic nitrogens is 2. The number of H-pyrrole nitrogens is 1. The highest BCUT2D eigenvalue weighted by atomic mass is 35.5. The zero-order chi connectivity index (χ0) is 20.1. The Morgan fingerprint density at radius 1 is 1.14 bits per heavy atom. The van der Waals surface area contributed by atoms with Gasteiger partial charge in [0.2, 0.25) is 5.91 Å². The summed E-state index contributed by atoms with van der Waals surface area (Å²) in [5, 5.41) is 3.74. The van der Waals surface area contributed by atoms with E-state index in [1.807, 2.05) is 30.3 Å². The van der Waals surface area contributed by atoms with Crippen molar-refractivity contribution in [2.45, 2.75) is 18.5 Å². The first-order valence-electron chi connectivity index (χ1n) is 8.44. The van der Waals surface area contributed by atoms with Crippen LogP contribution >= 0.6 is 35.0 Å². The molecule has 1 amide bonds. The molecular formula is C20H17Cl2N3O2S. The molecule has 0 fully saturated rings. The molecule has 0 atom stereocenters. The van der Waals surface area contributed by atoms with Gasteiger partial charge in [-0.15, -0.1) is 0 Å². The summed E-state index contributed by atoms with van der Waals surface area (Å²) in [5.41, 5.74) is 2.54. The van der Waals surface area contributed by atoms with Gasteiger partial charge in [-0.25, -0.2) is 4.98 Å². The summed E-state index contributed by atoms with van der Waals surface area (Å²) in [6, 6.07) is 14.7. The molecule has 0 saturated carbocycles. The number of aryl methyl sites for hydroxylation is 1. The quantitative estimate of drug-likeness (QED) is 0.436. The van der Waals surface area contributed by atoms with Crippen LogP contribution in [-0.4, -0.2) is 21.6 Å². The second-order valence-electron chi connectivity index (χ2n) is 6.04. The molecule has 2 N–H and O–H groups in total. The number of hydrogen-bond donors (Lipinski definition) is 2. The summed E-state index contributed by atoms with van der Waals surface area (Å²) in [4.78, 5) is 31.8. The lowest BCUT2D eigenvalue weighted by Crippen LogP contribution is -2.19. The van der Waals surface area contributed by atoms with Gasteiger partial charge in [0, 0.05) is 17.7 Å². The molecule has 0 unspecified atom stereocenters. The van der Waals surface area contributed by atoms with Crippen LogP contribution < -0.4 is 10.9 Å². The Labute approximate surface area is 176 Å². The van der Waals surface area contributed by atoms with Crippen molar-refractivity contribution < 1.29 is 4.79 Å². The Balaban J connectivity index is 1.65. The molecule has 5 nitrogen and oxygen atoms in total. The molecule has 3 aromatic rings. The second kappa shape index (κ2) is 9.28. The van der Waals surface area contributed by atoms with Gasteiger partial charge in [-0.3, -0.25) is 9.59 Å². The van der Waals surface area contributed by atoms with Crippen molar-refractivity contribution in [2.75, 3.05) is 11.1 Å². The zero-order valence-corrected chi connectivity index (χ0v) is 17.3. The van der Waals surface area contributed by atoms with Gasteiger partial charge in [0.05, 0.1) is 21.5 Å². The molecule has 0 aliphatic carbocycles. The molecule has 0 saturated heterocycles. The number of hydrogen-bond acceptors (Lipinski definition) is 4. The number of benzene rings is 2. The minimum Gasteiger partial charge on any atom is -0.324 e. The van der Waals surface area contributed by atoms with Gasteiger partial charge in [0.15, 0.2) is 5.16 Å². The number of amides is 1. The Bertz CT molecular complexity index is 1060. The van der Waals surface area contributed by atoms with E-state index in [0.29, 0.717) is 33.5 Å². The van der Waals surface area contributed by atoms with E-state index in [-0.39, 0.29) is 22.2 Å². The van der Waals surface area contributed by atoms with Gasteiger partial charge in [-0.05, 0) is 24.6 Å². The number of rotatable bonds is 6. The predicted octanol–water partition coefficient (Wildman–Crippen LogP) is 4.71. The number of carbonyl (C=O) groups is 1. The molecular weight excluding hydrogens is 417 g/mol. The highest BCUT2D eigenvalue weighted by Crippen LogP contribution is 2.29. The SMILES string of the molecule is Cc1nc(SCC(=O)Nc2cccc(Cl)c2Cl)[nH]c(=O)c1Cc1ccccc1. The van der Waals surface area contributed by atoms with Gasteiger partial charge in [0.1, 0.15) is 0 Å². The van der Waals surface area contributed by atoms with Crippen LogP contribution in [0.3, 0.4) is 0 Å². The molecule has 1 aromatic heterocycles. The lowest BCUT2D eigenvalue weighted by molar-refractivity contribution is -0.113. The molecule has 0 radical (unpaired) electrons. The van der Waals surface area contributed by atoms with E-state index in [1.54, 1.807) is 25.1 Å². The Morgan fingerprint density at radius 2 is 1.89 bits per heavy atom. The van der Waals surface area contributed by atoms with Crippen LogP contribution in [0, 0.1) is 6.92 Å². The van der Waals surface area contributed by atoms with E-state index in [0.717, 1.165) is 17.3 Å². The fourth-order valence-electron chi connectivity index (χ4n) is 2.58. The summed E-state index contributed by atoms with van der Waals surface area (Å²) in [6.45, 7) is 1.80. The van der Waals surface area contributed by atoms with Crippen LogP contribution in [0.15, 0.2) is 58.5 Å². The lowest BCUT2D eigenvalue weighted by Gasteiger charge is -2.09. The van der Waals surface area contributed by atoms with Crippen LogP contribution in [0.2, 0.25) is 10.0 Å². The van der Waals surface area contributed by atoms with E-state index in [1.165, 1.54) is 0 Å². The van der Waals surface area contributed by atoms with Crippen molar-refractivity contribution in [3.63, 3.8) is 0 Å². The normalized spacial score (nSPS) is 10.7. The summed E-state index contributed by atoms with van der Waals surface area (Å²) < 4.78 is 0. The highest BCUT2D eigenvalue weighted by molar-refractivity contribution is 7.99. The molecule has 3 rings (SSSR count). The van der Waals surface area contributed by atoms with E-state index >= 15 is 0 Å². The molecule has 8 heteroatoms. The summed E-state index contributed by atoms with van der Waals surface area (Å²) in [7, 11) is 0. The summed E-state index contributed by atoms with van der Waals surface area (Å²) in [6.07, 6.45) is 0.508. The number of nitrogens with zero attached hydrogens (tertiary/aromatic N) is 1. The Morgan fingerprint density at radius 3 is 2.61 bits per heavy atom. The van der Waals surface area contributed by atoms with Gasteiger partial charge < -0.3 is 10.3 Å². The van der Waals surface area contributed by atoms with Crippen LogP contribution in [-0.2, 0) is 11.2 Å². The summed E-state index contributed by atoms with van der Waals surface area (Å²) in [5.74, 6) is -0.202. The standard InChI is InChI=1S/C20H17Cl2N3O2S/c1-12-14(10-13-6-3-2-4-7-13)19(27)25-20(23-12)28-11-17(26)24-16-9-5-8-15(21)18(16)22/h2-9H,10-11H2,1H3,(H,24,26)(H,23,25,27). The molecule has 0 bridgehead atoms. The van der Waals surface area contributed by atoms with Crippen molar-refractivity contribution in [1.29, 1.82) is 0 Å². The zero-order valence-electron chi connectivity index (χ0n) is 15.0. The van der Waals surface area contributed by atoms with Crippen molar-refractivity contribution in [3.05, 3.63) is 85.8 Å². The largest absolute Gasteiger partial charge is 0.324 e. The topological polar surface area (TPSA) is 74.8 Å². The lowest BCUT2D eigenvalue weighted by atomic mass is 10.1. The number of carbonyl (C=O) groups excluding carboxylic acids is 1. The minimum atomic E-state index is -0.275. The number of thioether (sulfide) groups is 1. The molecule has 0 aliphatic rings. The van der Waals surface area contributed by atoms with Crippen LogP contribution in [0.4, 0.5) is 5.69 Å². The Hall–Kier alpha value is -2.28. The first-order valence-corrected chi connectivity index (χ1v) is 10.2. The molecule has 1 heterocycles. The molecule has 28 heavy (non-hydrogen) atoms. The van der Waals surface area contributed by atoms with Gasteiger partial charge in [-0.1, -0.05) is 71.4 Å². The molecule has 144 valence electrons. The first kappa shape index (κ1) is 20.5. The molecule has 0 aliphatic heterocycles. The maximum absolute atomic E-state index is 12.4. The fourth-order valence-corrected chi connectivity index (χ4v) is 3.64. The average molecular weight is 434 g/mol. The van der Waals surface area contributed by atoms with Crippen LogP contribution in [0.1, 0.15) is 16.8 Å². The van der Waals surface area contributed by atoms with E-state index in [2.05, 4.69) is 15.3 Å². The van der Waals surface area contributed by atoms with E-state index in [9.17, 15) is 9.59 Å². The van der Waals surface area contributed by atoms with Crippen LogP contribution in [0.25, 0.3) is 0 Å². The average Bonchev–Trinajstić information content (AvgIpc) is 2.67. The van der Waals surface area contributed by atoms with Gasteiger partial charge in [-0.2, -0.15) is 0 Å². The monoisotopic (exact) mass is 433 g/mol. The van der Waals surface area contributed by atoms with Crippen LogP contribution in [0.5, 0.6) is 0 Å². The maximum atomic E-state index is 12.4. The van der Waals surface area contributed by atoms with E-state index in [4.69, 9.17) is 23.2 Å². The van der Waals surface area contributed by atoms with Crippen molar-refractivity contribution >= 4 is 46.6 Å². The van der Waals surface area contributed by atoms with Gasteiger partial charge >= 0.3 is 0 Å². The molecule has 0 spiro atoms. The highest BCUT2D eigenvalue weighted by Gasteiger charge is 2.12. The fraction of sp³-hybridized carbons (Fsp3) is 0.150.